The Balaban J connectivity index is 2.62. The molecule has 4 N–H and O–H groups in total. The van der Waals surface area contributed by atoms with Crippen LogP contribution < -0.4 is 5.32 Å². The van der Waals surface area contributed by atoms with E-state index in [9.17, 15) is 19.8 Å². The van der Waals surface area contributed by atoms with E-state index in [4.69, 9.17) is 5.11 Å². The molecule has 0 spiro atoms. The summed E-state index contributed by atoms with van der Waals surface area (Å²) in [6.45, 7) is 1.57. The fourth-order valence-corrected chi connectivity index (χ4v) is 2.04. The Hall–Kier alpha value is -1.14. The lowest BCUT2D eigenvalue weighted by molar-refractivity contribution is -0.150. The first-order valence-electron chi connectivity index (χ1n) is 5.25. The lowest BCUT2D eigenvalue weighted by Gasteiger charge is -2.34. The zero-order chi connectivity index (χ0) is 12.3. The van der Waals surface area contributed by atoms with E-state index in [0.717, 1.165) is 0 Å². The minimum atomic E-state index is -0.999. The van der Waals surface area contributed by atoms with Crippen LogP contribution in [0.1, 0.15) is 19.8 Å². The van der Waals surface area contributed by atoms with Gasteiger partial charge < -0.3 is 20.6 Å². The summed E-state index contributed by atoms with van der Waals surface area (Å²) in [5, 5.41) is 30.4. The van der Waals surface area contributed by atoms with Crippen LogP contribution in [-0.4, -0.2) is 45.9 Å². The minimum Gasteiger partial charge on any atom is -0.481 e. The predicted octanol–water partition coefficient (Wildman–Crippen LogP) is -1.04. The van der Waals surface area contributed by atoms with Gasteiger partial charge in [0.15, 0.2) is 0 Å². The SMILES string of the molecule is CC(=O)NC[C@@H]1C[C@@H](O)[C@@H](O)C[C@@H]1C(=O)O. The molecule has 1 fully saturated rings. The zero-order valence-electron chi connectivity index (χ0n) is 9.09. The summed E-state index contributed by atoms with van der Waals surface area (Å²) >= 11 is 0. The molecule has 1 rings (SSSR count). The smallest absolute Gasteiger partial charge is 0.306 e. The van der Waals surface area contributed by atoms with Crippen LogP contribution in [-0.2, 0) is 9.59 Å². The average molecular weight is 231 g/mol. The number of carboxylic acid groups (broad SMARTS) is 1. The Morgan fingerprint density at radius 1 is 1.25 bits per heavy atom. The highest BCUT2D eigenvalue weighted by Gasteiger charge is 2.39. The van der Waals surface area contributed by atoms with Gasteiger partial charge in [0.25, 0.3) is 0 Å². The zero-order valence-corrected chi connectivity index (χ0v) is 9.09. The molecule has 0 radical (unpaired) electrons. The van der Waals surface area contributed by atoms with E-state index in [1.165, 1.54) is 6.92 Å². The molecule has 0 aliphatic heterocycles. The number of nitrogens with one attached hydrogen (secondary N) is 1. The normalized spacial score (nSPS) is 34.4. The second-order valence-electron chi connectivity index (χ2n) is 4.25. The lowest BCUT2D eigenvalue weighted by Crippen LogP contribution is -2.45. The van der Waals surface area contributed by atoms with E-state index < -0.39 is 24.1 Å². The highest BCUT2D eigenvalue weighted by molar-refractivity contribution is 5.73. The van der Waals surface area contributed by atoms with Crippen LogP contribution in [0.4, 0.5) is 0 Å². The molecule has 1 saturated carbocycles. The van der Waals surface area contributed by atoms with Crippen LogP contribution in [0.3, 0.4) is 0 Å². The Morgan fingerprint density at radius 3 is 2.31 bits per heavy atom. The third-order valence-corrected chi connectivity index (χ3v) is 2.98. The maximum atomic E-state index is 11.0. The molecule has 0 bridgehead atoms. The molecule has 0 unspecified atom stereocenters. The largest absolute Gasteiger partial charge is 0.481 e. The number of aliphatic hydroxyl groups is 2. The molecule has 92 valence electrons. The molecule has 0 saturated heterocycles. The van der Waals surface area contributed by atoms with Gasteiger partial charge in [-0.15, -0.1) is 0 Å². The molecule has 6 heteroatoms. The van der Waals surface area contributed by atoms with Gasteiger partial charge in [-0.3, -0.25) is 9.59 Å². The van der Waals surface area contributed by atoms with Gasteiger partial charge in [-0.25, -0.2) is 0 Å². The van der Waals surface area contributed by atoms with Gasteiger partial charge in [-0.2, -0.15) is 0 Å². The van der Waals surface area contributed by atoms with Gasteiger partial charge in [0.2, 0.25) is 5.91 Å². The van der Waals surface area contributed by atoms with Crippen molar-refractivity contribution in [2.75, 3.05) is 6.54 Å². The van der Waals surface area contributed by atoms with Crippen LogP contribution in [0.2, 0.25) is 0 Å². The van der Waals surface area contributed by atoms with Crippen LogP contribution in [0.5, 0.6) is 0 Å². The number of aliphatic hydroxyl groups excluding tert-OH is 2. The van der Waals surface area contributed by atoms with Crippen molar-refractivity contribution in [2.45, 2.75) is 32.0 Å². The van der Waals surface area contributed by atoms with Crippen LogP contribution in [0, 0.1) is 11.8 Å². The first-order chi connectivity index (χ1) is 7.41. The summed E-state index contributed by atoms with van der Waals surface area (Å²) < 4.78 is 0. The number of carbonyl (C=O) groups is 2. The van der Waals surface area contributed by atoms with E-state index in [1.807, 2.05) is 0 Å². The number of hydrogen-bond acceptors (Lipinski definition) is 4. The number of aliphatic carboxylic acids is 1. The van der Waals surface area contributed by atoms with Crippen molar-refractivity contribution in [3.63, 3.8) is 0 Å². The van der Waals surface area contributed by atoms with Crippen molar-refractivity contribution < 1.29 is 24.9 Å². The molecule has 4 atom stereocenters. The van der Waals surface area contributed by atoms with E-state index in [2.05, 4.69) is 5.32 Å². The highest BCUT2D eigenvalue weighted by atomic mass is 16.4. The monoisotopic (exact) mass is 231 g/mol. The molecular weight excluding hydrogens is 214 g/mol. The average Bonchev–Trinajstić information content (AvgIpc) is 2.18. The van der Waals surface area contributed by atoms with Crippen molar-refractivity contribution >= 4 is 11.9 Å². The maximum absolute atomic E-state index is 11.0. The highest BCUT2D eigenvalue weighted by Crippen LogP contribution is 2.30. The number of carboxylic acids is 1. The second-order valence-corrected chi connectivity index (χ2v) is 4.25. The van der Waals surface area contributed by atoms with Crippen molar-refractivity contribution in [3.05, 3.63) is 0 Å². The topological polar surface area (TPSA) is 107 Å². The molecule has 0 aromatic carbocycles. The van der Waals surface area contributed by atoms with Gasteiger partial charge in [-0.05, 0) is 18.8 Å². The molecular formula is C10H17NO5. The van der Waals surface area contributed by atoms with Crippen molar-refractivity contribution in [1.29, 1.82) is 0 Å². The first kappa shape index (κ1) is 12.9. The van der Waals surface area contributed by atoms with Crippen molar-refractivity contribution in [2.24, 2.45) is 11.8 Å². The number of rotatable bonds is 3. The minimum absolute atomic E-state index is 0.0285. The number of amides is 1. The maximum Gasteiger partial charge on any atom is 0.306 e. The molecule has 0 aromatic rings. The summed E-state index contributed by atoms with van der Waals surface area (Å²) in [4.78, 5) is 21.7. The molecule has 1 aliphatic rings. The fraction of sp³-hybridized carbons (Fsp3) is 0.800. The van der Waals surface area contributed by atoms with E-state index >= 15 is 0 Å². The van der Waals surface area contributed by atoms with Crippen LogP contribution in [0.25, 0.3) is 0 Å². The molecule has 1 aliphatic carbocycles. The Labute approximate surface area is 93.3 Å². The predicted molar refractivity (Wildman–Crippen MR) is 54.5 cm³/mol. The molecule has 1 amide bonds. The van der Waals surface area contributed by atoms with Gasteiger partial charge in [0.05, 0.1) is 18.1 Å². The van der Waals surface area contributed by atoms with Gasteiger partial charge in [0.1, 0.15) is 0 Å². The second kappa shape index (κ2) is 5.27. The molecule has 16 heavy (non-hydrogen) atoms. The quantitative estimate of drug-likeness (QED) is 0.496. The van der Waals surface area contributed by atoms with E-state index in [0.29, 0.717) is 0 Å². The standard InChI is InChI=1S/C10H17NO5/c1-5(12)11-4-6-2-8(13)9(14)3-7(6)10(15)16/h6-9,13-14H,2-4H2,1H3,(H,11,12)(H,15,16)/t6-,7-,8+,9-/m0/s1. The number of hydrogen-bond donors (Lipinski definition) is 4. The summed E-state index contributed by atoms with van der Waals surface area (Å²) in [7, 11) is 0. The molecule has 0 aromatic heterocycles. The third kappa shape index (κ3) is 3.18. The lowest BCUT2D eigenvalue weighted by atomic mass is 9.76. The fourth-order valence-electron chi connectivity index (χ4n) is 2.04. The van der Waals surface area contributed by atoms with Crippen LogP contribution >= 0.6 is 0 Å². The number of carbonyl (C=O) groups excluding carboxylic acids is 1. The van der Waals surface area contributed by atoms with Gasteiger partial charge in [0, 0.05) is 13.5 Å². The van der Waals surface area contributed by atoms with Crippen molar-refractivity contribution in [3.8, 4) is 0 Å². The Bertz CT molecular complexity index is 280. The van der Waals surface area contributed by atoms with E-state index in [1.54, 1.807) is 0 Å². The van der Waals surface area contributed by atoms with Crippen LogP contribution in [0.15, 0.2) is 0 Å². The molecule has 0 heterocycles. The van der Waals surface area contributed by atoms with Gasteiger partial charge >= 0.3 is 5.97 Å². The Morgan fingerprint density at radius 2 is 1.81 bits per heavy atom. The summed E-state index contributed by atoms with van der Waals surface area (Å²) in [6, 6.07) is 0. The molecule has 6 nitrogen and oxygen atoms in total. The Kier molecular flexibility index (Phi) is 4.26. The van der Waals surface area contributed by atoms with E-state index in [-0.39, 0.29) is 31.2 Å². The third-order valence-electron chi connectivity index (χ3n) is 2.98. The van der Waals surface area contributed by atoms with Crippen molar-refractivity contribution in [1.82, 2.24) is 5.32 Å². The first-order valence-corrected chi connectivity index (χ1v) is 5.25. The summed E-state index contributed by atoms with van der Waals surface area (Å²) in [6.07, 6.45) is -1.68. The summed E-state index contributed by atoms with van der Waals surface area (Å²) in [5.74, 6) is -2.28. The summed E-state index contributed by atoms with van der Waals surface area (Å²) in [5.41, 5.74) is 0. The van der Waals surface area contributed by atoms with Gasteiger partial charge in [-0.1, -0.05) is 0 Å².